The van der Waals surface area contributed by atoms with Crippen molar-refractivity contribution in [2.75, 3.05) is 19.8 Å². The molecule has 0 fully saturated rings. The molecule has 3 aromatic rings. The van der Waals surface area contributed by atoms with E-state index in [9.17, 15) is 24.3 Å². The number of esters is 1. The summed E-state index contributed by atoms with van der Waals surface area (Å²) >= 11 is 0. The number of allylic oxidation sites excluding steroid dienone is 1. The topological polar surface area (TPSA) is 134 Å². The number of hydrogen-bond donors (Lipinski definition) is 3. The van der Waals surface area contributed by atoms with Crippen LogP contribution in [0.4, 0.5) is 4.79 Å². The van der Waals surface area contributed by atoms with E-state index in [0.29, 0.717) is 12.1 Å². The highest BCUT2D eigenvalue weighted by Crippen LogP contribution is 2.19. The Morgan fingerprint density at radius 3 is 1.98 bits per heavy atom. The third kappa shape index (κ3) is 12.6. The molecule has 0 radical (unpaired) electrons. The van der Waals surface area contributed by atoms with E-state index < -0.39 is 36.0 Å². The van der Waals surface area contributed by atoms with Crippen LogP contribution in [-0.4, -0.2) is 59.7 Å². The van der Waals surface area contributed by atoms with Crippen LogP contribution in [0.25, 0.3) is 0 Å². The summed E-state index contributed by atoms with van der Waals surface area (Å²) < 4.78 is 10.8. The van der Waals surface area contributed by atoms with Crippen molar-refractivity contribution in [1.82, 2.24) is 15.5 Å². The third-order valence-electron chi connectivity index (χ3n) is 7.28. The Morgan fingerprint density at radius 2 is 1.38 bits per heavy atom. The van der Waals surface area contributed by atoms with Crippen molar-refractivity contribution >= 4 is 23.9 Å². The first-order chi connectivity index (χ1) is 22.8. The molecule has 3 aromatic carbocycles. The predicted molar refractivity (Wildman–Crippen MR) is 179 cm³/mol. The quantitative estimate of drug-likeness (QED) is 0.126. The molecule has 0 bridgehead atoms. The summed E-state index contributed by atoms with van der Waals surface area (Å²) in [4.78, 5) is 54.0. The molecule has 10 nitrogen and oxygen atoms in total. The van der Waals surface area contributed by atoms with Gasteiger partial charge in [-0.05, 0) is 29.5 Å². The van der Waals surface area contributed by atoms with Crippen molar-refractivity contribution in [3.63, 3.8) is 0 Å². The lowest BCUT2D eigenvalue weighted by molar-refractivity contribution is -0.147. The number of carbonyl (C=O) groups excluding carboxylic acids is 4. The Kier molecular flexibility index (Phi) is 15.4. The first kappa shape index (κ1) is 36.3. The van der Waals surface area contributed by atoms with E-state index in [0.717, 1.165) is 11.1 Å². The van der Waals surface area contributed by atoms with Crippen molar-refractivity contribution in [3.8, 4) is 0 Å². The average Bonchev–Trinajstić information content (AvgIpc) is 3.09. The number of carbonyl (C=O) groups is 4. The van der Waals surface area contributed by atoms with Gasteiger partial charge in [-0.3, -0.25) is 9.59 Å². The summed E-state index contributed by atoms with van der Waals surface area (Å²) in [7, 11) is 0. The van der Waals surface area contributed by atoms with Gasteiger partial charge in [0.2, 0.25) is 11.8 Å². The molecule has 0 heterocycles. The fourth-order valence-corrected chi connectivity index (χ4v) is 4.79. The summed E-state index contributed by atoms with van der Waals surface area (Å²) in [6, 6.07) is 25.7. The molecule has 0 saturated heterocycles. The second kappa shape index (κ2) is 20.0. The molecule has 3 unspecified atom stereocenters. The molecule has 0 aliphatic rings. The number of alkyl carbamates (subject to hydrolysis) is 1. The Hall–Kier alpha value is -5.22. The van der Waals surface area contributed by atoms with Crippen LogP contribution in [-0.2, 0) is 37.0 Å². The molecule has 248 valence electrons. The number of benzene rings is 3. The minimum Gasteiger partial charge on any atom is -0.462 e. The third-order valence-corrected chi connectivity index (χ3v) is 7.28. The Bertz CT molecular complexity index is 1430. The van der Waals surface area contributed by atoms with E-state index in [4.69, 9.17) is 9.47 Å². The van der Waals surface area contributed by atoms with Gasteiger partial charge in [-0.25, -0.2) is 9.59 Å². The van der Waals surface area contributed by atoms with E-state index in [1.54, 1.807) is 30.3 Å². The molecule has 0 aromatic heterocycles. The van der Waals surface area contributed by atoms with Gasteiger partial charge >= 0.3 is 12.1 Å². The zero-order valence-corrected chi connectivity index (χ0v) is 26.5. The van der Waals surface area contributed by atoms with Gasteiger partial charge in [0.1, 0.15) is 19.3 Å². The van der Waals surface area contributed by atoms with Gasteiger partial charge in [0.05, 0.1) is 18.6 Å². The highest BCUT2D eigenvalue weighted by atomic mass is 16.6. The number of amides is 3. The van der Waals surface area contributed by atoms with Crippen molar-refractivity contribution in [3.05, 3.63) is 133 Å². The molecule has 10 heteroatoms. The molecule has 3 amide bonds. The van der Waals surface area contributed by atoms with Crippen molar-refractivity contribution in [2.24, 2.45) is 5.92 Å². The second-order valence-electron chi connectivity index (χ2n) is 10.8. The van der Waals surface area contributed by atoms with Gasteiger partial charge in [-0.2, -0.15) is 0 Å². The van der Waals surface area contributed by atoms with E-state index in [1.807, 2.05) is 66.7 Å². The number of aliphatic hydroxyl groups is 1. The van der Waals surface area contributed by atoms with Gasteiger partial charge in [0, 0.05) is 19.5 Å². The minimum atomic E-state index is -1.06. The molecule has 3 rings (SSSR count). The SMILES string of the molecule is C=CCC(CC(=O)N(CCO)Cc1ccccc1)C(=O)NC(COC(=O)C(CC=C)NC(=O)OCc1ccccc1)c1ccccc1. The maximum absolute atomic E-state index is 13.6. The van der Waals surface area contributed by atoms with E-state index in [2.05, 4.69) is 23.8 Å². The van der Waals surface area contributed by atoms with Crippen LogP contribution in [0.3, 0.4) is 0 Å². The standard InChI is InChI=1S/C37H43N3O7/c1-3-14-31(24-34(42)40(22-23-41)25-28-16-8-5-9-17-28)35(43)38-33(30-20-12-7-13-21-30)27-46-36(44)32(15-4-2)39-37(45)47-26-29-18-10-6-11-19-29/h3-13,16-21,31-33,41H,1-2,14-15,22-27H2,(H,38,43)(H,39,45). The van der Waals surface area contributed by atoms with Crippen molar-refractivity contribution in [1.29, 1.82) is 0 Å². The highest BCUT2D eigenvalue weighted by molar-refractivity contribution is 5.86. The van der Waals surface area contributed by atoms with E-state index in [-0.39, 0.29) is 51.5 Å². The Labute approximate surface area is 276 Å². The van der Waals surface area contributed by atoms with Crippen LogP contribution < -0.4 is 10.6 Å². The number of aliphatic hydroxyl groups excluding tert-OH is 1. The average molecular weight is 642 g/mol. The first-order valence-corrected chi connectivity index (χ1v) is 15.5. The van der Waals surface area contributed by atoms with Gasteiger partial charge in [-0.15, -0.1) is 13.2 Å². The van der Waals surface area contributed by atoms with E-state index >= 15 is 0 Å². The number of hydrogen-bond acceptors (Lipinski definition) is 7. The molecule has 0 aliphatic carbocycles. The summed E-state index contributed by atoms with van der Waals surface area (Å²) in [6.45, 7) is 7.42. The smallest absolute Gasteiger partial charge is 0.408 e. The van der Waals surface area contributed by atoms with Crippen LogP contribution >= 0.6 is 0 Å². The van der Waals surface area contributed by atoms with Gasteiger partial charge in [0.25, 0.3) is 0 Å². The van der Waals surface area contributed by atoms with E-state index in [1.165, 1.54) is 11.0 Å². The van der Waals surface area contributed by atoms with Crippen LogP contribution in [0.1, 0.15) is 42.0 Å². The molecule has 0 aliphatic heterocycles. The van der Waals surface area contributed by atoms with Crippen molar-refractivity contribution < 1.29 is 33.8 Å². The summed E-state index contributed by atoms with van der Waals surface area (Å²) in [5, 5.41) is 15.0. The maximum Gasteiger partial charge on any atom is 0.408 e. The van der Waals surface area contributed by atoms with Crippen LogP contribution in [0.2, 0.25) is 0 Å². The van der Waals surface area contributed by atoms with Crippen LogP contribution in [0.15, 0.2) is 116 Å². The molecule has 3 N–H and O–H groups in total. The molecule has 0 saturated carbocycles. The monoisotopic (exact) mass is 641 g/mol. The zero-order valence-electron chi connectivity index (χ0n) is 26.5. The normalized spacial score (nSPS) is 12.4. The lowest BCUT2D eigenvalue weighted by Gasteiger charge is -2.26. The number of ether oxygens (including phenoxy) is 2. The molecule has 47 heavy (non-hydrogen) atoms. The zero-order chi connectivity index (χ0) is 33.9. The lowest BCUT2D eigenvalue weighted by atomic mass is 9.97. The summed E-state index contributed by atoms with van der Waals surface area (Å²) in [6.07, 6.45) is 2.48. The Morgan fingerprint density at radius 1 is 0.787 bits per heavy atom. The van der Waals surface area contributed by atoms with Gasteiger partial charge < -0.3 is 30.1 Å². The largest absolute Gasteiger partial charge is 0.462 e. The van der Waals surface area contributed by atoms with Crippen molar-refractivity contribution in [2.45, 2.75) is 44.5 Å². The molecule has 3 atom stereocenters. The molecular weight excluding hydrogens is 598 g/mol. The molecular formula is C37H43N3O7. The van der Waals surface area contributed by atoms with Crippen LogP contribution in [0.5, 0.6) is 0 Å². The number of nitrogens with zero attached hydrogens (tertiary/aromatic N) is 1. The van der Waals surface area contributed by atoms with Gasteiger partial charge in [-0.1, -0.05) is 103 Å². The lowest BCUT2D eigenvalue weighted by Crippen LogP contribution is -2.43. The Balaban J connectivity index is 1.66. The maximum atomic E-state index is 13.6. The fraction of sp³-hybridized carbons (Fsp3) is 0.297. The van der Waals surface area contributed by atoms with Crippen LogP contribution in [0, 0.1) is 5.92 Å². The highest BCUT2D eigenvalue weighted by Gasteiger charge is 2.28. The van der Waals surface area contributed by atoms with Gasteiger partial charge in [0.15, 0.2) is 0 Å². The minimum absolute atomic E-state index is 0.0308. The molecule has 0 spiro atoms. The fourth-order valence-electron chi connectivity index (χ4n) is 4.79. The predicted octanol–water partition coefficient (Wildman–Crippen LogP) is 4.86. The number of rotatable bonds is 19. The second-order valence-corrected chi connectivity index (χ2v) is 10.8. The summed E-state index contributed by atoms with van der Waals surface area (Å²) in [5.74, 6) is -2.19. The first-order valence-electron chi connectivity index (χ1n) is 15.5. The number of nitrogens with one attached hydrogen (secondary N) is 2. The summed E-state index contributed by atoms with van der Waals surface area (Å²) in [5.41, 5.74) is 2.37.